The smallest absolute Gasteiger partial charge is 0.460 e. The Balaban J connectivity index is 1.72. The SMILES string of the molecule is CCN1C(=O)[C@H]2[C@@H](c3ccc(OC)cc3)N(C(=O)c3ccccc3[N+](=O)[O-])[C@@](C)(C(=O)OCCCC(F)(F)C(F)(F)C(F)(F)C(F)(F)C(F)(F)C(F)(F)C(F)(F)C(F)(F)F)[C@H]2C1=O. The summed E-state index contributed by atoms with van der Waals surface area (Å²) >= 11 is 0. The number of rotatable bonds is 16. The maximum atomic E-state index is 14.7. The van der Waals surface area contributed by atoms with Crippen LogP contribution in [-0.4, -0.2) is 112 Å². The van der Waals surface area contributed by atoms with Crippen LogP contribution in [0.25, 0.3) is 0 Å². The molecule has 350 valence electrons. The molecular formula is C35H28F17N3O8. The van der Waals surface area contributed by atoms with Gasteiger partial charge in [0.25, 0.3) is 11.6 Å². The Bertz CT molecular complexity index is 2130. The summed E-state index contributed by atoms with van der Waals surface area (Å²) in [5, 5.41) is 11.9. The summed E-state index contributed by atoms with van der Waals surface area (Å²) in [6, 6.07) is 7.25. The number of nitrogens with zero attached hydrogens (tertiary/aromatic N) is 3. The van der Waals surface area contributed by atoms with Crippen LogP contribution >= 0.6 is 0 Å². The lowest BCUT2D eigenvalue weighted by Gasteiger charge is -2.42. The second kappa shape index (κ2) is 16.0. The molecule has 2 aromatic carbocycles. The number of benzene rings is 2. The van der Waals surface area contributed by atoms with Crippen LogP contribution < -0.4 is 4.74 Å². The van der Waals surface area contributed by atoms with Gasteiger partial charge < -0.3 is 14.4 Å². The van der Waals surface area contributed by atoms with Gasteiger partial charge in [0.15, 0.2) is 5.54 Å². The number of carbonyl (C=O) groups is 4. The number of fused-ring (bicyclic) bond motifs is 1. The number of esters is 1. The van der Waals surface area contributed by atoms with Gasteiger partial charge in [0.2, 0.25) is 11.8 Å². The fourth-order valence-corrected chi connectivity index (χ4v) is 7.19. The van der Waals surface area contributed by atoms with E-state index in [0.717, 1.165) is 31.2 Å². The fourth-order valence-electron chi connectivity index (χ4n) is 7.19. The number of halogens is 17. The number of methoxy groups -OCH3 is 1. The highest BCUT2D eigenvalue weighted by Gasteiger charge is 2.95. The van der Waals surface area contributed by atoms with E-state index in [-0.39, 0.29) is 17.9 Å². The van der Waals surface area contributed by atoms with Gasteiger partial charge in [-0.05, 0) is 44.0 Å². The lowest BCUT2D eigenvalue weighted by molar-refractivity contribution is -0.461. The minimum absolute atomic E-state index is 0.0431. The van der Waals surface area contributed by atoms with E-state index in [1.165, 1.54) is 38.3 Å². The highest BCUT2D eigenvalue weighted by Crippen LogP contribution is 2.64. The van der Waals surface area contributed by atoms with E-state index in [1.54, 1.807) is 0 Å². The molecule has 2 saturated heterocycles. The van der Waals surface area contributed by atoms with Gasteiger partial charge in [0.05, 0.1) is 36.5 Å². The fraction of sp³-hybridized carbons (Fsp3) is 0.543. The van der Waals surface area contributed by atoms with Crippen molar-refractivity contribution >= 4 is 29.4 Å². The molecule has 2 fully saturated rings. The van der Waals surface area contributed by atoms with E-state index in [4.69, 9.17) is 9.47 Å². The topological polar surface area (TPSA) is 136 Å². The minimum atomic E-state index is -8.83. The maximum absolute atomic E-state index is 14.7. The van der Waals surface area contributed by atoms with Crippen LogP contribution in [0.1, 0.15) is 48.7 Å². The number of nitro benzene ring substituents is 1. The molecule has 4 rings (SSSR count). The molecule has 0 N–H and O–H groups in total. The van der Waals surface area contributed by atoms with Gasteiger partial charge in [-0.2, -0.15) is 74.6 Å². The van der Waals surface area contributed by atoms with Crippen LogP contribution in [0.2, 0.25) is 0 Å². The monoisotopic (exact) mass is 941 g/mol. The number of para-hydroxylation sites is 1. The molecule has 0 bridgehead atoms. The minimum Gasteiger partial charge on any atom is -0.497 e. The largest absolute Gasteiger partial charge is 0.497 e. The van der Waals surface area contributed by atoms with E-state index in [2.05, 4.69) is 0 Å². The molecule has 0 spiro atoms. The van der Waals surface area contributed by atoms with E-state index in [9.17, 15) is 104 Å². The molecular weight excluding hydrogens is 913 g/mol. The molecule has 0 saturated carbocycles. The zero-order valence-corrected chi connectivity index (χ0v) is 31.7. The van der Waals surface area contributed by atoms with Crippen molar-refractivity contribution in [1.82, 2.24) is 9.80 Å². The van der Waals surface area contributed by atoms with Crippen LogP contribution in [0.4, 0.5) is 80.3 Å². The first-order valence-corrected chi connectivity index (χ1v) is 17.5. The summed E-state index contributed by atoms with van der Waals surface area (Å²) in [5.74, 6) is -67.1. The van der Waals surface area contributed by atoms with Crippen LogP contribution in [-0.2, 0) is 19.1 Å². The van der Waals surface area contributed by atoms with Crippen LogP contribution in [0, 0.1) is 22.0 Å². The Labute approximate surface area is 341 Å². The lowest BCUT2D eigenvalue weighted by atomic mass is 9.80. The summed E-state index contributed by atoms with van der Waals surface area (Å²) in [6.07, 6.45) is -12.8. The number of likely N-dealkylation sites (tertiary alicyclic amines) is 2. The van der Waals surface area contributed by atoms with Gasteiger partial charge in [-0.3, -0.25) is 29.4 Å². The Morgan fingerprint density at radius 2 is 1.24 bits per heavy atom. The third kappa shape index (κ3) is 7.23. The number of ether oxygens (including phenoxy) is 2. The standard InChI is InChI=1S/C35H28F17N3O8/c1-4-53-24(57)20-21(25(53)58)27(2,54(22(20)16-10-12-17(62-3)13-11-16)23(56)18-8-5-6-9-19(18)55(60)61)26(59)63-15-7-14-28(36,37)29(38,39)30(40,41)31(42,43)32(44,45)33(46,47)34(48,49)35(50,51)52/h5-6,8-13,20-22H,4,7,14-15H2,1-3H3/t20-,21-,22-,27-/m1/s1. The average Bonchev–Trinajstić information content (AvgIpc) is 3.62. The second-order valence-corrected chi connectivity index (χ2v) is 14.1. The summed E-state index contributed by atoms with van der Waals surface area (Å²) in [4.78, 5) is 68.1. The zero-order chi connectivity index (χ0) is 48.5. The van der Waals surface area contributed by atoms with Crippen molar-refractivity contribution in [1.29, 1.82) is 0 Å². The quantitative estimate of drug-likeness (QED) is 0.0408. The first kappa shape index (κ1) is 50.2. The zero-order valence-electron chi connectivity index (χ0n) is 31.7. The average molecular weight is 942 g/mol. The van der Waals surface area contributed by atoms with Gasteiger partial charge in [0, 0.05) is 19.0 Å². The highest BCUT2D eigenvalue weighted by molar-refractivity contribution is 6.12. The van der Waals surface area contributed by atoms with Crippen LogP contribution in [0.15, 0.2) is 48.5 Å². The van der Waals surface area contributed by atoms with Gasteiger partial charge in [-0.1, -0.05) is 24.3 Å². The summed E-state index contributed by atoms with van der Waals surface area (Å²) in [6.45, 7) is -0.0570. The van der Waals surface area contributed by atoms with Gasteiger partial charge in [-0.15, -0.1) is 0 Å². The maximum Gasteiger partial charge on any atom is 0.460 e. The third-order valence-corrected chi connectivity index (χ3v) is 10.6. The van der Waals surface area contributed by atoms with Crippen molar-refractivity contribution in [3.05, 3.63) is 69.8 Å². The molecule has 0 aromatic heterocycles. The first-order chi connectivity index (χ1) is 28.5. The molecule has 2 heterocycles. The van der Waals surface area contributed by atoms with Crippen molar-refractivity contribution in [2.24, 2.45) is 11.8 Å². The lowest BCUT2D eigenvalue weighted by Crippen LogP contribution is -2.74. The summed E-state index contributed by atoms with van der Waals surface area (Å²) in [5.41, 5.74) is -4.59. The Morgan fingerprint density at radius 1 is 0.746 bits per heavy atom. The molecule has 3 amide bonds. The molecule has 0 aliphatic carbocycles. The normalized spacial score (nSPS) is 21.7. The van der Waals surface area contributed by atoms with E-state index in [0.29, 0.717) is 9.80 Å². The predicted octanol–water partition coefficient (Wildman–Crippen LogP) is 8.51. The molecule has 63 heavy (non-hydrogen) atoms. The number of hydrogen-bond acceptors (Lipinski definition) is 8. The molecule has 0 unspecified atom stereocenters. The predicted molar refractivity (Wildman–Crippen MR) is 174 cm³/mol. The number of imide groups is 1. The second-order valence-electron chi connectivity index (χ2n) is 14.1. The van der Waals surface area contributed by atoms with Crippen molar-refractivity contribution in [2.45, 2.75) is 85.9 Å². The van der Waals surface area contributed by atoms with Crippen molar-refractivity contribution in [3.8, 4) is 5.75 Å². The molecule has 2 aliphatic heterocycles. The van der Waals surface area contributed by atoms with Gasteiger partial charge >= 0.3 is 53.6 Å². The Morgan fingerprint density at radius 3 is 1.71 bits per heavy atom. The molecule has 0 radical (unpaired) electrons. The first-order valence-electron chi connectivity index (χ1n) is 17.5. The number of carbonyl (C=O) groups excluding carboxylic acids is 4. The van der Waals surface area contributed by atoms with Crippen molar-refractivity contribution in [2.75, 3.05) is 20.3 Å². The number of nitro groups is 1. The molecule has 2 aromatic rings. The van der Waals surface area contributed by atoms with Gasteiger partial charge in [-0.25, -0.2) is 4.79 Å². The third-order valence-electron chi connectivity index (χ3n) is 10.6. The van der Waals surface area contributed by atoms with E-state index in [1.807, 2.05) is 0 Å². The Kier molecular flexibility index (Phi) is 12.7. The van der Waals surface area contributed by atoms with Crippen molar-refractivity contribution < 1.29 is 108 Å². The summed E-state index contributed by atoms with van der Waals surface area (Å²) < 4.78 is 244. The molecule has 11 nitrogen and oxygen atoms in total. The van der Waals surface area contributed by atoms with E-state index >= 15 is 0 Å². The number of hydrogen-bond donors (Lipinski definition) is 0. The summed E-state index contributed by atoms with van der Waals surface area (Å²) in [7, 11) is 1.24. The van der Waals surface area contributed by atoms with Gasteiger partial charge in [0.1, 0.15) is 11.3 Å². The van der Waals surface area contributed by atoms with Crippen LogP contribution in [0.5, 0.6) is 5.75 Å². The number of amides is 3. The van der Waals surface area contributed by atoms with Crippen molar-refractivity contribution in [3.63, 3.8) is 0 Å². The number of alkyl halides is 17. The highest BCUT2D eigenvalue weighted by atomic mass is 19.4. The Hall–Kier alpha value is -5.47. The van der Waals surface area contributed by atoms with Crippen LogP contribution in [0.3, 0.4) is 0 Å². The molecule has 28 heteroatoms. The molecule has 2 aliphatic rings. The van der Waals surface area contributed by atoms with E-state index < -0.39 is 130 Å². The molecule has 4 atom stereocenters.